The molecule has 0 spiro atoms. The molecule has 0 unspecified atom stereocenters. The van der Waals surface area contributed by atoms with E-state index >= 15 is 0 Å². The van der Waals surface area contributed by atoms with E-state index in [2.05, 4.69) is 5.32 Å². The molecule has 0 heterocycles. The zero-order valence-electron chi connectivity index (χ0n) is 6.44. The Kier molecular flexibility index (Phi) is 6.86. The molecule has 0 fully saturated rings. The van der Waals surface area contributed by atoms with Crippen molar-refractivity contribution in [1.82, 2.24) is 5.32 Å². The predicted molar refractivity (Wildman–Crippen MR) is 39.8 cm³/mol. The van der Waals surface area contributed by atoms with Gasteiger partial charge in [-0.1, -0.05) is 0 Å². The molecule has 0 aliphatic rings. The van der Waals surface area contributed by atoms with Gasteiger partial charge in [-0.2, -0.15) is 0 Å². The Labute approximate surface area is 61.4 Å². The fourth-order valence-corrected chi connectivity index (χ4v) is 0.655. The van der Waals surface area contributed by atoms with Gasteiger partial charge in [0.05, 0.1) is 12.8 Å². The topological polar surface area (TPSA) is 32.3 Å². The molecule has 0 aromatic carbocycles. The molecule has 0 aliphatic carbocycles. The van der Waals surface area contributed by atoms with E-state index < -0.39 is 0 Å². The van der Waals surface area contributed by atoms with Crippen molar-refractivity contribution in [1.29, 1.82) is 0 Å². The second-order valence-electron chi connectivity index (χ2n) is 2.45. The molecule has 10 heavy (non-hydrogen) atoms. The monoisotopic (exact) mass is 149 g/mol. The fourth-order valence-electron chi connectivity index (χ4n) is 0.655. The third-order valence-corrected chi connectivity index (χ3v) is 1.18. The molecule has 0 rings (SSSR count). The summed E-state index contributed by atoms with van der Waals surface area (Å²) >= 11 is 0. The zero-order valence-corrected chi connectivity index (χ0v) is 6.44. The number of aliphatic hydroxyl groups is 1. The largest absolute Gasteiger partial charge is 0.392 e. The average molecular weight is 149 g/mol. The van der Waals surface area contributed by atoms with Gasteiger partial charge in [0.2, 0.25) is 0 Å². The van der Waals surface area contributed by atoms with Crippen LogP contribution in [0.1, 0.15) is 19.8 Å². The number of aliphatic hydroxyl groups excluding tert-OH is 1. The van der Waals surface area contributed by atoms with Gasteiger partial charge in [-0.25, -0.2) is 0 Å². The first-order valence-corrected chi connectivity index (χ1v) is 3.72. The standard InChI is InChI=1S/C7H16FNO/c1-7(10)6-9-5-3-2-4-8/h7,9-10H,2-6H2,1H3/t7-/m1/s1. The first-order chi connectivity index (χ1) is 4.77. The maximum absolute atomic E-state index is 11.5. The zero-order chi connectivity index (χ0) is 7.82. The van der Waals surface area contributed by atoms with Crippen molar-refractivity contribution < 1.29 is 9.50 Å². The van der Waals surface area contributed by atoms with Crippen molar-refractivity contribution in [2.24, 2.45) is 0 Å². The summed E-state index contributed by atoms with van der Waals surface area (Å²) in [5, 5.41) is 11.8. The molecule has 0 aromatic rings. The number of alkyl halides is 1. The Hall–Kier alpha value is -0.150. The summed E-state index contributed by atoms with van der Waals surface area (Å²) in [6, 6.07) is 0. The van der Waals surface area contributed by atoms with Crippen LogP contribution in [-0.2, 0) is 0 Å². The number of rotatable bonds is 6. The van der Waals surface area contributed by atoms with E-state index in [-0.39, 0.29) is 12.8 Å². The normalized spacial score (nSPS) is 13.5. The quantitative estimate of drug-likeness (QED) is 0.545. The van der Waals surface area contributed by atoms with Gasteiger partial charge in [-0.15, -0.1) is 0 Å². The minimum atomic E-state index is -0.301. The fraction of sp³-hybridized carbons (Fsp3) is 1.00. The van der Waals surface area contributed by atoms with E-state index in [0.29, 0.717) is 13.0 Å². The van der Waals surface area contributed by atoms with Crippen molar-refractivity contribution >= 4 is 0 Å². The lowest BCUT2D eigenvalue weighted by Crippen LogP contribution is -2.25. The van der Waals surface area contributed by atoms with Crippen LogP contribution in [0.15, 0.2) is 0 Å². The first kappa shape index (κ1) is 9.85. The Morgan fingerprint density at radius 3 is 2.70 bits per heavy atom. The molecule has 2 N–H and O–H groups in total. The molecule has 1 atom stereocenters. The smallest absolute Gasteiger partial charge is 0.0894 e. The molecule has 0 aromatic heterocycles. The van der Waals surface area contributed by atoms with E-state index in [9.17, 15) is 4.39 Å². The third-order valence-electron chi connectivity index (χ3n) is 1.18. The minimum absolute atomic E-state index is 0.240. The highest BCUT2D eigenvalue weighted by Crippen LogP contribution is 1.86. The van der Waals surface area contributed by atoms with E-state index in [1.54, 1.807) is 6.92 Å². The lowest BCUT2D eigenvalue weighted by atomic mass is 10.3. The van der Waals surface area contributed by atoms with Gasteiger partial charge in [0.15, 0.2) is 0 Å². The number of halogens is 1. The summed E-state index contributed by atoms with van der Waals surface area (Å²) in [5.74, 6) is 0. The van der Waals surface area contributed by atoms with Crippen molar-refractivity contribution in [3.63, 3.8) is 0 Å². The Balaban J connectivity index is 2.77. The van der Waals surface area contributed by atoms with Gasteiger partial charge in [0.25, 0.3) is 0 Å². The van der Waals surface area contributed by atoms with Crippen molar-refractivity contribution in [2.75, 3.05) is 19.8 Å². The van der Waals surface area contributed by atoms with E-state index in [1.807, 2.05) is 0 Å². The lowest BCUT2D eigenvalue weighted by Gasteiger charge is -2.04. The summed E-state index contributed by atoms with van der Waals surface area (Å²) < 4.78 is 11.5. The SMILES string of the molecule is C[C@@H](O)CNCCCCF. The van der Waals surface area contributed by atoms with E-state index in [0.717, 1.165) is 13.0 Å². The molecule has 62 valence electrons. The van der Waals surface area contributed by atoms with Crippen LogP contribution in [0.5, 0.6) is 0 Å². The predicted octanol–water partition coefficient (Wildman–Crippen LogP) is 0.706. The third kappa shape index (κ3) is 7.85. The maximum atomic E-state index is 11.5. The second kappa shape index (κ2) is 6.96. The van der Waals surface area contributed by atoms with Gasteiger partial charge in [0.1, 0.15) is 0 Å². The molecule has 0 saturated carbocycles. The first-order valence-electron chi connectivity index (χ1n) is 3.72. The summed E-state index contributed by atoms with van der Waals surface area (Å²) in [4.78, 5) is 0. The van der Waals surface area contributed by atoms with Gasteiger partial charge >= 0.3 is 0 Å². The average Bonchev–Trinajstić information content (AvgIpc) is 1.87. The van der Waals surface area contributed by atoms with Crippen LogP contribution in [0.3, 0.4) is 0 Å². The molecule has 0 bridgehead atoms. The minimum Gasteiger partial charge on any atom is -0.392 e. The second-order valence-corrected chi connectivity index (χ2v) is 2.45. The van der Waals surface area contributed by atoms with Gasteiger partial charge < -0.3 is 10.4 Å². The molecular weight excluding hydrogens is 133 g/mol. The van der Waals surface area contributed by atoms with Gasteiger partial charge in [-0.05, 0) is 26.3 Å². The van der Waals surface area contributed by atoms with Crippen molar-refractivity contribution in [3.05, 3.63) is 0 Å². The van der Waals surface area contributed by atoms with E-state index in [4.69, 9.17) is 5.11 Å². The Bertz CT molecular complexity index is 68.6. The van der Waals surface area contributed by atoms with Crippen LogP contribution in [0.2, 0.25) is 0 Å². The van der Waals surface area contributed by atoms with E-state index in [1.165, 1.54) is 0 Å². The maximum Gasteiger partial charge on any atom is 0.0894 e. The van der Waals surface area contributed by atoms with Crippen LogP contribution < -0.4 is 5.32 Å². The molecule has 0 aliphatic heterocycles. The number of hydrogen-bond donors (Lipinski definition) is 2. The molecule has 0 radical (unpaired) electrons. The molecule has 2 nitrogen and oxygen atoms in total. The van der Waals surface area contributed by atoms with Gasteiger partial charge in [-0.3, -0.25) is 4.39 Å². The van der Waals surface area contributed by atoms with Crippen LogP contribution >= 0.6 is 0 Å². The lowest BCUT2D eigenvalue weighted by molar-refractivity contribution is 0.191. The summed E-state index contributed by atoms with van der Waals surface area (Å²) in [6.07, 6.45) is 1.17. The van der Waals surface area contributed by atoms with Crippen LogP contribution in [0, 0.1) is 0 Å². The van der Waals surface area contributed by atoms with Crippen LogP contribution in [-0.4, -0.2) is 31.0 Å². The molecule has 0 amide bonds. The van der Waals surface area contributed by atoms with Crippen LogP contribution in [0.25, 0.3) is 0 Å². The van der Waals surface area contributed by atoms with Gasteiger partial charge in [0, 0.05) is 6.54 Å². The van der Waals surface area contributed by atoms with Crippen molar-refractivity contribution in [3.8, 4) is 0 Å². The highest BCUT2D eigenvalue weighted by atomic mass is 19.1. The molecule has 0 saturated heterocycles. The van der Waals surface area contributed by atoms with Crippen LogP contribution in [0.4, 0.5) is 4.39 Å². The molecule has 3 heteroatoms. The number of nitrogens with one attached hydrogen (secondary N) is 1. The number of unbranched alkanes of at least 4 members (excludes halogenated alkanes) is 1. The Morgan fingerprint density at radius 1 is 1.50 bits per heavy atom. The molecular formula is C7H16FNO. The van der Waals surface area contributed by atoms with Crippen molar-refractivity contribution in [2.45, 2.75) is 25.9 Å². The summed E-state index contributed by atoms with van der Waals surface area (Å²) in [5.41, 5.74) is 0. The summed E-state index contributed by atoms with van der Waals surface area (Å²) in [6.45, 7) is 2.89. The summed E-state index contributed by atoms with van der Waals surface area (Å²) in [7, 11) is 0. The highest BCUT2D eigenvalue weighted by molar-refractivity contribution is 4.52. The number of hydrogen-bond acceptors (Lipinski definition) is 2. The highest BCUT2D eigenvalue weighted by Gasteiger charge is 1.92. The Morgan fingerprint density at radius 2 is 2.20 bits per heavy atom.